The SMILES string of the molecule is O=C(Cl)c1ccc(OCCCCCCCCOP(=O)(OCCCCCCCCOc2ccc(C(=O)Cl)cc2)Oc2ccccc2)cc1. The van der Waals surface area contributed by atoms with Crippen LogP contribution in [0.5, 0.6) is 17.2 Å². The Morgan fingerprint density at radius 3 is 1.21 bits per heavy atom. The fourth-order valence-electron chi connectivity index (χ4n) is 4.62. The van der Waals surface area contributed by atoms with E-state index < -0.39 is 18.3 Å². The smallest absolute Gasteiger partial charge is 0.494 e. The molecule has 3 aromatic rings. The van der Waals surface area contributed by atoms with Crippen LogP contribution >= 0.6 is 31.0 Å². The highest BCUT2D eigenvalue weighted by molar-refractivity contribution is 7.48. The molecule has 0 atom stereocenters. The van der Waals surface area contributed by atoms with Gasteiger partial charge < -0.3 is 14.0 Å². The predicted molar refractivity (Wildman–Crippen MR) is 186 cm³/mol. The highest BCUT2D eigenvalue weighted by atomic mass is 35.5. The average Bonchev–Trinajstić information content (AvgIpc) is 3.07. The Kier molecular flexibility index (Phi) is 18.6. The van der Waals surface area contributed by atoms with Crippen LogP contribution in [0.15, 0.2) is 78.9 Å². The van der Waals surface area contributed by atoms with Gasteiger partial charge in [0.2, 0.25) is 0 Å². The van der Waals surface area contributed by atoms with Crippen molar-refractivity contribution in [3.05, 3.63) is 90.0 Å². The van der Waals surface area contributed by atoms with Gasteiger partial charge in [0.15, 0.2) is 0 Å². The van der Waals surface area contributed by atoms with E-state index in [0.717, 1.165) is 88.5 Å². The van der Waals surface area contributed by atoms with Gasteiger partial charge in [0.1, 0.15) is 17.2 Å². The van der Waals surface area contributed by atoms with Gasteiger partial charge in [-0.2, -0.15) is 0 Å². The third kappa shape index (κ3) is 16.7. The monoisotopic (exact) mass is 706 g/mol. The molecule has 47 heavy (non-hydrogen) atoms. The summed E-state index contributed by atoms with van der Waals surface area (Å²) in [5.41, 5.74) is 0.903. The van der Waals surface area contributed by atoms with Crippen molar-refractivity contribution in [1.82, 2.24) is 0 Å². The van der Waals surface area contributed by atoms with E-state index in [1.807, 2.05) is 18.2 Å². The lowest BCUT2D eigenvalue weighted by Crippen LogP contribution is -2.05. The summed E-state index contributed by atoms with van der Waals surface area (Å²) in [6.45, 7) is 1.82. The van der Waals surface area contributed by atoms with Crippen molar-refractivity contribution in [1.29, 1.82) is 0 Å². The minimum Gasteiger partial charge on any atom is -0.494 e. The van der Waals surface area contributed by atoms with Gasteiger partial charge in [0.25, 0.3) is 10.5 Å². The minimum atomic E-state index is -3.74. The molecule has 0 saturated carbocycles. The van der Waals surface area contributed by atoms with Gasteiger partial charge in [0, 0.05) is 11.1 Å². The Balaban J connectivity index is 1.22. The van der Waals surface area contributed by atoms with E-state index in [2.05, 4.69) is 0 Å². The van der Waals surface area contributed by atoms with E-state index in [1.165, 1.54) is 0 Å². The van der Waals surface area contributed by atoms with E-state index in [9.17, 15) is 14.2 Å². The number of unbranched alkanes of at least 4 members (excludes halogenated alkanes) is 10. The molecule has 0 N–H and O–H groups in total. The van der Waals surface area contributed by atoms with Gasteiger partial charge >= 0.3 is 7.82 Å². The summed E-state index contributed by atoms with van der Waals surface area (Å²) in [5, 5.41) is -0.959. The number of ether oxygens (including phenoxy) is 2. The first kappa shape index (κ1) is 38.6. The molecule has 0 radical (unpaired) electrons. The Labute approximate surface area is 288 Å². The largest absolute Gasteiger partial charge is 0.530 e. The fraction of sp³-hybridized carbons (Fsp3) is 0.444. The first-order valence-corrected chi connectivity index (χ1v) is 18.6. The second kappa shape index (κ2) is 22.7. The summed E-state index contributed by atoms with van der Waals surface area (Å²) in [6, 6.07) is 22.6. The van der Waals surface area contributed by atoms with Gasteiger partial charge in [-0.3, -0.25) is 18.6 Å². The lowest BCUT2D eigenvalue weighted by Gasteiger charge is -2.18. The number of benzene rings is 3. The number of rotatable bonds is 26. The molecule has 0 aliphatic carbocycles. The Bertz CT molecular complexity index is 1270. The standard InChI is InChI=1S/C36H45Cl2O8P/c37-35(39)30-18-22-32(23-19-30)42-26-12-5-1-3-7-14-28-44-47(41,46-34-16-10-9-11-17-34)45-29-15-8-4-2-6-13-27-43-33-24-20-31(21-25-33)36(38)40/h9-11,16-25H,1-8,12-15,26-29H2. The van der Waals surface area contributed by atoms with Crippen molar-refractivity contribution in [3.63, 3.8) is 0 Å². The molecule has 11 heteroatoms. The molecule has 0 unspecified atom stereocenters. The molecular weight excluding hydrogens is 662 g/mol. The summed E-state index contributed by atoms with van der Waals surface area (Å²) < 4.78 is 41.9. The maximum Gasteiger partial charge on any atom is 0.530 e. The van der Waals surface area contributed by atoms with Gasteiger partial charge in [-0.15, -0.1) is 0 Å². The third-order valence-electron chi connectivity index (χ3n) is 7.24. The lowest BCUT2D eigenvalue weighted by molar-refractivity contribution is 0.107. The molecule has 0 aromatic heterocycles. The second-order valence-electron chi connectivity index (χ2n) is 11.1. The average molecular weight is 708 g/mol. The molecule has 3 rings (SSSR count). The van der Waals surface area contributed by atoms with E-state index in [-0.39, 0.29) is 0 Å². The number of carbonyl (C=O) groups excluding carboxylic acids is 2. The van der Waals surface area contributed by atoms with Crippen LogP contribution < -0.4 is 14.0 Å². The van der Waals surface area contributed by atoms with Crippen LogP contribution in [0.1, 0.15) is 97.8 Å². The second-order valence-corrected chi connectivity index (χ2v) is 13.3. The minimum absolute atomic E-state index is 0.297. The van der Waals surface area contributed by atoms with Crippen LogP contribution in [-0.2, 0) is 13.6 Å². The van der Waals surface area contributed by atoms with Crippen molar-refractivity contribution >= 4 is 41.5 Å². The van der Waals surface area contributed by atoms with Crippen molar-refractivity contribution < 1.29 is 37.2 Å². The van der Waals surface area contributed by atoms with Gasteiger partial charge in [0.05, 0.1) is 26.4 Å². The Morgan fingerprint density at radius 2 is 0.830 bits per heavy atom. The molecule has 0 fully saturated rings. The highest BCUT2D eigenvalue weighted by Gasteiger charge is 2.28. The fourth-order valence-corrected chi connectivity index (χ4v) is 6.14. The van der Waals surface area contributed by atoms with E-state index in [0.29, 0.717) is 43.3 Å². The number of carbonyl (C=O) groups is 2. The van der Waals surface area contributed by atoms with Gasteiger partial charge in [-0.1, -0.05) is 69.6 Å². The zero-order chi connectivity index (χ0) is 33.6. The third-order valence-corrected chi connectivity index (χ3v) is 9.11. The van der Waals surface area contributed by atoms with Crippen molar-refractivity contribution in [2.45, 2.75) is 77.0 Å². The van der Waals surface area contributed by atoms with Crippen LogP contribution in [-0.4, -0.2) is 36.9 Å². The molecule has 0 bridgehead atoms. The van der Waals surface area contributed by atoms with Crippen LogP contribution in [0.4, 0.5) is 0 Å². The Morgan fingerprint density at radius 1 is 0.468 bits per heavy atom. The van der Waals surface area contributed by atoms with Crippen molar-refractivity contribution in [3.8, 4) is 17.2 Å². The zero-order valence-electron chi connectivity index (χ0n) is 26.8. The molecule has 0 spiro atoms. The predicted octanol–water partition coefficient (Wildman–Crippen LogP) is 10.8. The van der Waals surface area contributed by atoms with Crippen molar-refractivity contribution in [2.75, 3.05) is 26.4 Å². The molecule has 0 saturated heterocycles. The van der Waals surface area contributed by atoms with Crippen LogP contribution in [0.2, 0.25) is 0 Å². The van der Waals surface area contributed by atoms with E-state index in [4.69, 9.17) is 46.2 Å². The van der Waals surface area contributed by atoms with Gasteiger partial charge in [-0.25, -0.2) is 4.57 Å². The number of hydrogen-bond acceptors (Lipinski definition) is 8. The summed E-state index contributed by atoms with van der Waals surface area (Å²) in [6.07, 6.45) is 11.6. The number of hydrogen-bond donors (Lipinski definition) is 0. The number of phosphoric acid groups is 1. The molecule has 0 amide bonds. The molecule has 8 nitrogen and oxygen atoms in total. The highest BCUT2D eigenvalue weighted by Crippen LogP contribution is 2.49. The number of para-hydroxylation sites is 1. The maximum atomic E-state index is 13.4. The number of halogens is 2. The van der Waals surface area contributed by atoms with Gasteiger partial charge in [-0.05, 0) is 110 Å². The lowest BCUT2D eigenvalue weighted by atomic mass is 10.1. The van der Waals surface area contributed by atoms with Crippen LogP contribution in [0, 0.1) is 0 Å². The molecular formula is C36H45Cl2O8P. The number of phosphoric ester groups is 1. The molecule has 0 heterocycles. The Hall–Kier alpha value is -2.87. The first-order chi connectivity index (χ1) is 22.8. The zero-order valence-corrected chi connectivity index (χ0v) is 29.2. The van der Waals surface area contributed by atoms with Crippen molar-refractivity contribution in [2.24, 2.45) is 0 Å². The van der Waals surface area contributed by atoms with E-state index in [1.54, 1.807) is 60.7 Å². The molecule has 0 aliphatic rings. The quantitative estimate of drug-likeness (QED) is 0.0462. The molecule has 256 valence electrons. The summed E-state index contributed by atoms with van der Waals surface area (Å²) in [7, 11) is -3.74. The topological polar surface area (TPSA) is 97.4 Å². The normalized spacial score (nSPS) is 11.3. The molecule has 3 aromatic carbocycles. The molecule has 0 aliphatic heterocycles. The van der Waals surface area contributed by atoms with E-state index >= 15 is 0 Å². The van der Waals surface area contributed by atoms with Crippen LogP contribution in [0.3, 0.4) is 0 Å². The summed E-state index contributed by atoms with van der Waals surface area (Å²) in [5.74, 6) is 1.89. The first-order valence-electron chi connectivity index (χ1n) is 16.3. The summed E-state index contributed by atoms with van der Waals surface area (Å²) in [4.78, 5) is 22.3. The maximum absolute atomic E-state index is 13.4. The summed E-state index contributed by atoms with van der Waals surface area (Å²) >= 11 is 10.9. The van der Waals surface area contributed by atoms with Crippen LogP contribution in [0.25, 0.3) is 0 Å².